The molecule has 4 nitrogen and oxygen atoms in total. The zero-order valence-electron chi connectivity index (χ0n) is 18.1. The van der Waals surface area contributed by atoms with Crippen molar-refractivity contribution in [1.82, 2.24) is 9.88 Å². The highest BCUT2D eigenvalue weighted by atomic mass is 35.5. The molecular weight excluding hydrogens is 441 g/mol. The van der Waals surface area contributed by atoms with Crippen molar-refractivity contribution in [2.24, 2.45) is 0 Å². The third-order valence-corrected chi connectivity index (χ3v) is 5.57. The normalized spacial score (nSPS) is 11.8. The van der Waals surface area contributed by atoms with Gasteiger partial charge in [-0.3, -0.25) is 0 Å². The summed E-state index contributed by atoms with van der Waals surface area (Å²) in [6.07, 6.45) is 2.28. The number of anilines is 1. The van der Waals surface area contributed by atoms with Gasteiger partial charge in [-0.1, -0.05) is 25.4 Å². The molecule has 7 heteroatoms. The number of nitrogens with zero attached hydrogens (tertiary/aromatic N) is 2. The molecule has 0 saturated carbocycles. The van der Waals surface area contributed by atoms with Crippen molar-refractivity contribution in [2.45, 2.75) is 39.7 Å². The standard InChI is InChI=1S/C23H30ClN3O.2ClH.H2/c1-5-27(6-2)13-7-8-16(3)25-23-19-11-9-17(24)14-22(19)26-21-12-10-18(28-4)15-20(21)23;;;/h9-12,14-16H,5-8,13H2,1-4H3,(H,25,26);3*1H. The van der Waals surface area contributed by atoms with Crippen LogP contribution in [-0.4, -0.2) is 42.7 Å². The SMILES string of the molecule is CCN(CC)CCCC(C)Nc1c2ccc(Cl)cc2nc2ccc(OC)cc12.Cl.Cl.[HH]. The minimum absolute atomic E-state index is 0. The van der Waals surface area contributed by atoms with Crippen LogP contribution in [0.4, 0.5) is 5.69 Å². The number of hydrogen-bond donors (Lipinski definition) is 1. The number of rotatable bonds is 9. The summed E-state index contributed by atoms with van der Waals surface area (Å²) in [5, 5.41) is 6.61. The molecular formula is C23H34Cl3N3O. The fourth-order valence-electron chi connectivity index (χ4n) is 3.66. The second-order valence-corrected chi connectivity index (χ2v) is 7.68. The zero-order chi connectivity index (χ0) is 20.1. The Kier molecular flexibility index (Phi) is 11.0. The number of nitrogens with one attached hydrogen (secondary N) is 1. The van der Waals surface area contributed by atoms with Crippen molar-refractivity contribution in [3.63, 3.8) is 0 Å². The number of pyridine rings is 1. The minimum Gasteiger partial charge on any atom is -0.497 e. The fourth-order valence-corrected chi connectivity index (χ4v) is 3.82. The molecule has 168 valence electrons. The molecule has 1 atom stereocenters. The van der Waals surface area contributed by atoms with Crippen LogP contribution in [0.15, 0.2) is 36.4 Å². The van der Waals surface area contributed by atoms with Gasteiger partial charge in [0.05, 0.1) is 23.8 Å². The number of hydrogen-bond acceptors (Lipinski definition) is 4. The first kappa shape index (κ1) is 26.6. The molecule has 0 fully saturated rings. The van der Waals surface area contributed by atoms with Gasteiger partial charge in [0.15, 0.2) is 0 Å². The first-order valence-corrected chi connectivity index (χ1v) is 10.5. The smallest absolute Gasteiger partial charge is 0.119 e. The molecule has 0 aliphatic rings. The van der Waals surface area contributed by atoms with Crippen LogP contribution in [0.2, 0.25) is 5.02 Å². The number of halogens is 3. The lowest BCUT2D eigenvalue weighted by molar-refractivity contribution is 0.295. The molecule has 3 rings (SSSR count). The minimum atomic E-state index is 0. The Labute approximate surface area is 198 Å². The van der Waals surface area contributed by atoms with Crippen molar-refractivity contribution >= 4 is 63.9 Å². The largest absolute Gasteiger partial charge is 0.497 e. The van der Waals surface area contributed by atoms with E-state index >= 15 is 0 Å². The maximum atomic E-state index is 6.22. The molecule has 0 radical (unpaired) electrons. The predicted molar refractivity (Wildman–Crippen MR) is 138 cm³/mol. The van der Waals surface area contributed by atoms with Gasteiger partial charge in [-0.05, 0) is 75.8 Å². The van der Waals surface area contributed by atoms with Crippen molar-refractivity contribution in [3.8, 4) is 5.75 Å². The van der Waals surface area contributed by atoms with Crippen LogP contribution in [0.3, 0.4) is 0 Å². The van der Waals surface area contributed by atoms with Gasteiger partial charge in [-0.2, -0.15) is 0 Å². The van der Waals surface area contributed by atoms with Gasteiger partial charge in [0.25, 0.3) is 0 Å². The van der Waals surface area contributed by atoms with E-state index in [-0.39, 0.29) is 26.2 Å². The van der Waals surface area contributed by atoms with E-state index in [1.54, 1.807) is 7.11 Å². The summed E-state index contributed by atoms with van der Waals surface area (Å²) in [5.74, 6) is 0.833. The van der Waals surface area contributed by atoms with Gasteiger partial charge in [-0.25, -0.2) is 4.98 Å². The summed E-state index contributed by atoms with van der Waals surface area (Å²) in [4.78, 5) is 7.27. The molecule has 0 bridgehead atoms. The van der Waals surface area contributed by atoms with Crippen LogP contribution in [0, 0.1) is 0 Å². The zero-order valence-corrected chi connectivity index (χ0v) is 20.5. The molecule has 1 aromatic heterocycles. The van der Waals surface area contributed by atoms with Crippen LogP contribution in [0.1, 0.15) is 35.0 Å². The summed E-state index contributed by atoms with van der Waals surface area (Å²) in [6.45, 7) is 10.0. The quantitative estimate of drug-likeness (QED) is 0.337. The molecule has 0 aliphatic carbocycles. The van der Waals surface area contributed by atoms with E-state index in [1.807, 2.05) is 24.3 Å². The van der Waals surface area contributed by atoms with Crippen LogP contribution in [0.5, 0.6) is 5.75 Å². The highest BCUT2D eigenvalue weighted by Crippen LogP contribution is 2.34. The summed E-state index contributed by atoms with van der Waals surface area (Å²) in [7, 11) is 1.69. The Bertz CT molecular complexity index is 954. The number of aromatic nitrogens is 1. The van der Waals surface area contributed by atoms with E-state index < -0.39 is 0 Å². The number of ether oxygens (including phenoxy) is 1. The lowest BCUT2D eigenvalue weighted by Gasteiger charge is -2.22. The maximum absolute atomic E-state index is 6.22. The van der Waals surface area contributed by atoms with Crippen molar-refractivity contribution < 1.29 is 6.16 Å². The van der Waals surface area contributed by atoms with Crippen LogP contribution in [-0.2, 0) is 0 Å². The molecule has 0 amide bonds. The van der Waals surface area contributed by atoms with E-state index in [1.165, 1.54) is 6.42 Å². The Balaban J connectivity index is 0.00000300. The molecule has 1 heterocycles. The second kappa shape index (κ2) is 12.4. The molecule has 0 aliphatic heterocycles. The molecule has 30 heavy (non-hydrogen) atoms. The highest BCUT2D eigenvalue weighted by Gasteiger charge is 2.13. The number of fused-ring (bicyclic) bond motifs is 2. The lowest BCUT2D eigenvalue weighted by Crippen LogP contribution is -2.25. The van der Waals surface area contributed by atoms with Crippen LogP contribution < -0.4 is 10.1 Å². The van der Waals surface area contributed by atoms with Gasteiger partial charge < -0.3 is 15.0 Å². The van der Waals surface area contributed by atoms with E-state index in [9.17, 15) is 0 Å². The van der Waals surface area contributed by atoms with E-state index in [0.29, 0.717) is 11.1 Å². The van der Waals surface area contributed by atoms with Crippen molar-refractivity contribution in [2.75, 3.05) is 32.1 Å². The van der Waals surface area contributed by atoms with Gasteiger partial charge in [0.2, 0.25) is 0 Å². The summed E-state index contributed by atoms with van der Waals surface area (Å²) in [5.41, 5.74) is 2.95. The molecule has 2 aromatic carbocycles. The van der Waals surface area contributed by atoms with Crippen molar-refractivity contribution in [3.05, 3.63) is 41.4 Å². The van der Waals surface area contributed by atoms with E-state index in [4.69, 9.17) is 21.3 Å². The fraction of sp³-hybridized carbons (Fsp3) is 0.435. The highest BCUT2D eigenvalue weighted by molar-refractivity contribution is 6.31. The Morgan fingerprint density at radius 1 is 1.07 bits per heavy atom. The Morgan fingerprint density at radius 3 is 2.47 bits per heavy atom. The second-order valence-electron chi connectivity index (χ2n) is 7.25. The molecule has 0 spiro atoms. The summed E-state index contributed by atoms with van der Waals surface area (Å²) < 4.78 is 5.45. The summed E-state index contributed by atoms with van der Waals surface area (Å²) in [6, 6.07) is 12.3. The monoisotopic (exact) mass is 473 g/mol. The third kappa shape index (κ3) is 6.27. The first-order valence-electron chi connectivity index (χ1n) is 10.1. The van der Waals surface area contributed by atoms with Crippen LogP contribution in [0.25, 0.3) is 21.8 Å². The predicted octanol–water partition coefficient (Wildman–Crippen LogP) is 7.06. The van der Waals surface area contributed by atoms with Crippen molar-refractivity contribution in [1.29, 1.82) is 0 Å². The third-order valence-electron chi connectivity index (χ3n) is 5.34. The molecule has 1 N–H and O–H groups in total. The first-order chi connectivity index (χ1) is 13.5. The average molecular weight is 475 g/mol. The number of benzene rings is 2. The number of methoxy groups -OCH3 is 1. The maximum Gasteiger partial charge on any atom is 0.119 e. The van der Waals surface area contributed by atoms with Gasteiger partial charge >= 0.3 is 0 Å². The Morgan fingerprint density at radius 2 is 1.80 bits per heavy atom. The van der Waals surface area contributed by atoms with Gasteiger partial charge in [-0.15, -0.1) is 24.8 Å². The summed E-state index contributed by atoms with van der Waals surface area (Å²) >= 11 is 6.22. The van der Waals surface area contributed by atoms with E-state index in [2.05, 4.69) is 43.1 Å². The van der Waals surface area contributed by atoms with Gasteiger partial charge in [0.1, 0.15) is 5.75 Å². The molecule has 3 aromatic rings. The lowest BCUT2D eigenvalue weighted by atomic mass is 10.1. The molecule has 1 unspecified atom stereocenters. The van der Waals surface area contributed by atoms with Crippen LogP contribution >= 0.6 is 36.4 Å². The van der Waals surface area contributed by atoms with Gasteiger partial charge in [0, 0.05) is 23.3 Å². The average Bonchev–Trinajstić information content (AvgIpc) is 2.70. The Hall–Kier alpha value is -1.46. The molecule has 0 saturated heterocycles. The van der Waals surface area contributed by atoms with E-state index in [0.717, 1.165) is 59.3 Å². The topological polar surface area (TPSA) is 37.4 Å².